The zero-order valence-corrected chi connectivity index (χ0v) is 22.9. The van der Waals surface area contributed by atoms with Crippen molar-refractivity contribution in [2.45, 2.75) is 13.5 Å². The highest BCUT2D eigenvalue weighted by molar-refractivity contribution is 9.10. The number of rotatable bonds is 10. The number of benzene rings is 3. The molecule has 0 saturated carbocycles. The lowest BCUT2D eigenvalue weighted by Gasteiger charge is -2.14. The van der Waals surface area contributed by atoms with Crippen molar-refractivity contribution in [3.8, 4) is 17.2 Å². The summed E-state index contributed by atoms with van der Waals surface area (Å²) in [6.45, 7) is 2.45. The molecule has 1 saturated heterocycles. The summed E-state index contributed by atoms with van der Waals surface area (Å²) < 4.78 is 17.7. The number of ether oxygens (including phenoxy) is 3. The van der Waals surface area contributed by atoms with Crippen LogP contribution in [-0.2, 0) is 11.4 Å². The van der Waals surface area contributed by atoms with E-state index in [1.807, 2.05) is 31.2 Å². The SMILES string of the molecule is COc1cc(/C=C2\SC(=O)N(CCOc3cccc(C)c3)C2=O)c(Br)cc1OCc1ccc([N+](=O)[O-])cc1. The molecule has 1 aliphatic heterocycles. The monoisotopic (exact) mass is 598 g/mol. The standard InChI is InChI=1S/C27H23BrN2O7S/c1-17-4-3-5-21(12-17)36-11-10-29-26(31)25(38-27(29)32)14-19-13-23(35-2)24(15-22(19)28)37-16-18-6-8-20(9-7-18)30(33)34/h3-9,12-15H,10-11,16H2,1-2H3/b25-14-. The number of hydrogen-bond donors (Lipinski definition) is 0. The average molecular weight is 599 g/mol. The summed E-state index contributed by atoms with van der Waals surface area (Å²) in [7, 11) is 1.49. The van der Waals surface area contributed by atoms with Crippen molar-refractivity contribution >= 4 is 50.6 Å². The first kappa shape index (κ1) is 27.2. The summed E-state index contributed by atoms with van der Waals surface area (Å²) in [5.41, 5.74) is 2.44. The molecule has 0 N–H and O–H groups in total. The number of aryl methyl sites for hydroxylation is 1. The van der Waals surface area contributed by atoms with Crippen molar-refractivity contribution < 1.29 is 28.7 Å². The summed E-state index contributed by atoms with van der Waals surface area (Å²) in [6, 6.07) is 17.0. The third kappa shape index (κ3) is 6.53. The lowest BCUT2D eigenvalue weighted by atomic mass is 10.1. The molecule has 3 aromatic carbocycles. The van der Waals surface area contributed by atoms with Gasteiger partial charge in [-0.2, -0.15) is 0 Å². The number of nitro benzene ring substituents is 1. The molecule has 2 amide bonds. The number of amides is 2. The van der Waals surface area contributed by atoms with Gasteiger partial charge in [0.25, 0.3) is 16.8 Å². The predicted molar refractivity (Wildman–Crippen MR) is 147 cm³/mol. The maximum absolute atomic E-state index is 12.9. The van der Waals surface area contributed by atoms with Gasteiger partial charge in [0.2, 0.25) is 0 Å². The van der Waals surface area contributed by atoms with E-state index in [1.54, 1.807) is 30.3 Å². The number of hydrogen-bond acceptors (Lipinski definition) is 8. The molecule has 11 heteroatoms. The van der Waals surface area contributed by atoms with Crippen LogP contribution in [0.4, 0.5) is 10.5 Å². The fraction of sp³-hybridized carbons (Fsp3) is 0.185. The number of nitro groups is 1. The van der Waals surface area contributed by atoms with E-state index in [0.29, 0.717) is 27.3 Å². The highest BCUT2D eigenvalue weighted by Crippen LogP contribution is 2.38. The van der Waals surface area contributed by atoms with Crippen LogP contribution in [0.15, 0.2) is 70.0 Å². The number of nitrogens with zero attached hydrogens (tertiary/aromatic N) is 2. The second kappa shape index (κ2) is 12.1. The van der Waals surface area contributed by atoms with E-state index < -0.39 is 10.8 Å². The molecule has 1 aliphatic rings. The van der Waals surface area contributed by atoms with Gasteiger partial charge >= 0.3 is 0 Å². The molecule has 38 heavy (non-hydrogen) atoms. The number of carbonyl (C=O) groups excluding carboxylic acids is 2. The van der Waals surface area contributed by atoms with Crippen LogP contribution in [0.3, 0.4) is 0 Å². The second-order valence-corrected chi connectivity index (χ2v) is 10.1. The summed E-state index contributed by atoms with van der Waals surface area (Å²) in [4.78, 5) is 37.2. The molecule has 4 rings (SSSR count). The van der Waals surface area contributed by atoms with Crippen LogP contribution >= 0.6 is 27.7 Å². The molecule has 0 unspecified atom stereocenters. The molecule has 0 aromatic heterocycles. The Morgan fingerprint density at radius 1 is 1.05 bits per heavy atom. The van der Waals surface area contributed by atoms with Gasteiger partial charge in [0.15, 0.2) is 11.5 Å². The molecule has 9 nitrogen and oxygen atoms in total. The maximum atomic E-state index is 12.9. The smallest absolute Gasteiger partial charge is 0.293 e. The Kier molecular flexibility index (Phi) is 8.70. The van der Waals surface area contributed by atoms with Crippen molar-refractivity contribution in [2.24, 2.45) is 0 Å². The highest BCUT2D eigenvalue weighted by atomic mass is 79.9. The van der Waals surface area contributed by atoms with Gasteiger partial charge in [-0.25, -0.2) is 0 Å². The summed E-state index contributed by atoms with van der Waals surface area (Å²) >= 11 is 4.36. The minimum Gasteiger partial charge on any atom is -0.493 e. The first-order valence-electron chi connectivity index (χ1n) is 11.4. The van der Waals surface area contributed by atoms with Gasteiger partial charge in [-0.15, -0.1) is 0 Å². The Hall–Kier alpha value is -3.83. The molecule has 196 valence electrons. The Morgan fingerprint density at radius 2 is 1.82 bits per heavy atom. The van der Waals surface area contributed by atoms with E-state index in [1.165, 1.54) is 24.1 Å². The molecule has 0 radical (unpaired) electrons. The first-order valence-corrected chi connectivity index (χ1v) is 13.0. The van der Waals surface area contributed by atoms with Gasteiger partial charge in [-0.3, -0.25) is 24.6 Å². The third-order valence-electron chi connectivity index (χ3n) is 5.56. The van der Waals surface area contributed by atoms with E-state index in [4.69, 9.17) is 14.2 Å². The van der Waals surface area contributed by atoms with Gasteiger partial charge in [-0.1, -0.05) is 28.1 Å². The van der Waals surface area contributed by atoms with Crippen LogP contribution in [0.2, 0.25) is 0 Å². The number of imide groups is 1. The van der Waals surface area contributed by atoms with E-state index in [0.717, 1.165) is 22.9 Å². The van der Waals surface area contributed by atoms with E-state index >= 15 is 0 Å². The molecular weight excluding hydrogens is 576 g/mol. The molecule has 1 fully saturated rings. The topological polar surface area (TPSA) is 108 Å². The van der Waals surface area contributed by atoms with Gasteiger partial charge in [0.05, 0.1) is 23.5 Å². The highest BCUT2D eigenvalue weighted by Gasteiger charge is 2.35. The summed E-state index contributed by atoms with van der Waals surface area (Å²) in [5, 5.41) is 10.5. The fourth-order valence-electron chi connectivity index (χ4n) is 3.60. The number of halogens is 1. The van der Waals surface area contributed by atoms with E-state index in [2.05, 4.69) is 15.9 Å². The minimum atomic E-state index is -0.461. The van der Waals surface area contributed by atoms with Crippen LogP contribution in [0.5, 0.6) is 17.2 Å². The normalized spacial score (nSPS) is 14.2. The lowest BCUT2D eigenvalue weighted by Crippen LogP contribution is -2.32. The van der Waals surface area contributed by atoms with Crippen molar-refractivity contribution in [1.82, 2.24) is 4.90 Å². The number of thioether (sulfide) groups is 1. The fourth-order valence-corrected chi connectivity index (χ4v) is 4.90. The zero-order chi connectivity index (χ0) is 27.2. The number of methoxy groups -OCH3 is 1. The summed E-state index contributed by atoms with van der Waals surface area (Å²) in [5.74, 6) is 1.15. The first-order chi connectivity index (χ1) is 18.2. The molecule has 0 bridgehead atoms. The van der Waals surface area contributed by atoms with Gasteiger partial charge < -0.3 is 14.2 Å². The summed E-state index contributed by atoms with van der Waals surface area (Å²) in [6.07, 6.45) is 1.62. The number of non-ortho nitro benzene ring substituents is 1. The molecule has 0 spiro atoms. The van der Waals surface area contributed by atoms with Crippen molar-refractivity contribution in [3.05, 3.63) is 96.8 Å². The second-order valence-electron chi connectivity index (χ2n) is 8.24. The van der Waals surface area contributed by atoms with Crippen LogP contribution < -0.4 is 14.2 Å². The molecule has 0 aliphatic carbocycles. The van der Waals surface area contributed by atoms with Crippen LogP contribution in [0.25, 0.3) is 6.08 Å². The average Bonchev–Trinajstić information content (AvgIpc) is 3.16. The minimum absolute atomic E-state index is 0.00152. The van der Waals surface area contributed by atoms with E-state index in [9.17, 15) is 19.7 Å². The largest absolute Gasteiger partial charge is 0.493 e. The van der Waals surface area contributed by atoms with Crippen molar-refractivity contribution in [1.29, 1.82) is 0 Å². The maximum Gasteiger partial charge on any atom is 0.293 e. The van der Waals surface area contributed by atoms with Crippen molar-refractivity contribution in [2.75, 3.05) is 20.3 Å². The Labute approximate surface area is 231 Å². The molecule has 1 heterocycles. The van der Waals surface area contributed by atoms with Gasteiger partial charge in [-0.05, 0) is 77.9 Å². The number of carbonyl (C=O) groups is 2. The molecule has 3 aromatic rings. The van der Waals surface area contributed by atoms with Crippen LogP contribution in [-0.4, -0.2) is 41.2 Å². The van der Waals surface area contributed by atoms with E-state index in [-0.39, 0.29) is 35.6 Å². The quantitative estimate of drug-likeness (QED) is 0.150. The Morgan fingerprint density at radius 3 is 2.50 bits per heavy atom. The van der Waals surface area contributed by atoms with Crippen LogP contribution in [0.1, 0.15) is 16.7 Å². The zero-order valence-electron chi connectivity index (χ0n) is 20.5. The van der Waals surface area contributed by atoms with Crippen LogP contribution in [0, 0.1) is 17.0 Å². The Bertz CT molecular complexity index is 1410. The molecule has 0 atom stereocenters. The van der Waals surface area contributed by atoms with Gasteiger partial charge in [0, 0.05) is 16.6 Å². The third-order valence-corrected chi connectivity index (χ3v) is 7.15. The molecular formula is C27H23BrN2O7S. The van der Waals surface area contributed by atoms with Gasteiger partial charge in [0.1, 0.15) is 19.0 Å². The predicted octanol–water partition coefficient (Wildman–Crippen LogP) is 6.37. The Balaban J connectivity index is 1.43. The van der Waals surface area contributed by atoms with Crippen molar-refractivity contribution in [3.63, 3.8) is 0 Å². The lowest BCUT2D eigenvalue weighted by molar-refractivity contribution is -0.384.